The van der Waals surface area contributed by atoms with Crippen LogP contribution in [0.4, 0.5) is 0 Å². The van der Waals surface area contributed by atoms with Gasteiger partial charge in [0.15, 0.2) is 11.2 Å². The molecule has 0 aromatic heterocycles. The predicted molar refractivity (Wildman–Crippen MR) is 113 cm³/mol. The summed E-state index contributed by atoms with van der Waals surface area (Å²) in [5.74, 6) is 0.702. The summed E-state index contributed by atoms with van der Waals surface area (Å²) in [6.07, 6.45) is 2.12. The second-order valence-electron chi connectivity index (χ2n) is 6.37. The van der Waals surface area contributed by atoms with Crippen LogP contribution < -0.4 is 15.4 Å². The maximum atomic E-state index is 13.1. The molecule has 0 amide bonds. The first kappa shape index (κ1) is 17.6. The van der Waals surface area contributed by atoms with Gasteiger partial charge in [0.2, 0.25) is 0 Å². The molecule has 134 valence electrons. The van der Waals surface area contributed by atoms with Gasteiger partial charge in [0.25, 0.3) is 0 Å². The van der Waals surface area contributed by atoms with Crippen LogP contribution in [0.15, 0.2) is 65.5 Å². The molecule has 0 bridgehead atoms. The lowest BCUT2D eigenvalue weighted by Crippen LogP contribution is -2.22. The third-order valence-electron chi connectivity index (χ3n) is 4.90. The first-order valence-electron chi connectivity index (χ1n) is 8.65. The molecule has 0 saturated carbocycles. The van der Waals surface area contributed by atoms with E-state index < -0.39 is 0 Å². The van der Waals surface area contributed by atoms with E-state index in [0.29, 0.717) is 16.5 Å². The van der Waals surface area contributed by atoms with Gasteiger partial charge < -0.3 is 4.74 Å². The molecule has 0 N–H and O–H groups in total. The predicted octanol–water partition coefficient (Wildman–Crippen LogP) is 4.26. The first-order chi connectivity index (χ1) is 13.1. The number of carbonyl (C=O) groups excluding carboxylic acids is 1. The minimum Gasteiger partial charge on any atom is -0.497 e. The largest absolute Gasteiger partial charge is 0.497 e. The number of Topliss-reactive ketones (excluding diaryl/α,β-unsaturated/α-hetero) is 1. The standard InChI is InChI=1S/C23H18O3S/c1-26-16-11-9-14(10-12-16)19(24)13-20(27-2)22-17-7-3-5-15-6-4-8-18(21(15)17)23(22)25/h3-12H,13H2,1-2H3/b22-20+. The highest BCUT2D eigenvalue weighted by atomic mass is 32.2. The Balaban J connectivity index is 1.87. The molecule has 4 aromatic carbocycles. The summed E-state index contributed by atoms with van der Waals surface area (Å²) in [7, 11) is 1.59. The van der Waals surface area contributed by atoms with E-state index in [4.69, 9.17) is 4.74 Å². The van der Waals surface area contributed by atoms with Crippen molar-refractivity contribution in [2.45, 2.75) is 6.42 Å². The van der Waals surface area contributed by atoms with Crippen molar-refractivity contribution >= 4 is 44.0 Å². The summed E-state index contributed by atoms with van der Waals surface area (Å²) in [4.78, 5) is 26.7. The molecule has 0 aliphatic heterocycles. The van der Waals surface area contributed by atoms with Crippen molar-refractivity contribution in [1.82, 2.24) is 0 Å². The fourth-order valence-electron chi connectivity index (χ4n) is 3.56. The van der Waals surface area contributed by atoms with Gasteiger partial charge in [-0.15, -0.1) is 11.8 Å². The number of hydrogen-bond donors (Lipinski definition) is 0. The van der Waals surface area contributed by atoms with Crippen LogP contribution in [0.1, 0.15) is 16.8 Å². The Bertz CT molecular complexity index is 1240. The molecule has 3 nitrogen and oxygen atoms in total. The van der Waals surface area contributed by atoms with E-state index in [-0.39, 0.29) is 17.6 Å². The molecule has 0 aliphatic rings. The molecule has 4 aromatic rings. The fourth-order valence-corrected chi connectivity index (χ4v) is 4.24. The molecule has 0 aliphatic carbocycles. The number of ether oxygens (including phenoxy) is 1. The van der Waals surface area contributed by atoms with Crippen LogP contribution in [-0.2, 0) is 0 Å². The Morgan fingerprint density at radius 1 is 0.963 bits per heavy atom. The fraction of sp³-hybridized carbons (Fsp3) is 0.130. The topological polar surface area (TPSA) is 43.4 Å². The highest BCUT2D eigenvalue weighted by molar-refractivity contribution is 8.07. The van der Waals surface area contributed by atoms with Crippen LogP contribution in [0.5, 0.6) is 5.75 Å². The highest BCUT2D eigenvalue weighted by Crippen LogP contribution is 2.26. The molecule has 4 rings (SSSR count). The Hall–Kier alpha value is -2.85. The average molecular weight is 374 g/mol. The van der Waals surface area contributed by atoms with Crippen LogP contribution in [0.3, 0.4) is 0 Å². The zero-order chi connectivity index (χ0) is 19.0. The van der Waals surface area contributed by atoms with Gasteiger partial charge in [-0.05, 0) is 41.3 Å². The lowest BCUT2D eigenvalue weighted by atomic mass is 10.1. The van der Waals surface area contributed by atoms with Gasteiger partial charge in [-0.2, -0.15) is 0 Å². The van der Waals surface area contributed by atoms with Gasteiger partial charge in [-0.1, -0.05) is 36.4 Å². The van der Waals surface area contributed by atoms with E-state index in [1.807, 2.05) is 42.7 Å². The Kier molecular flexibility index (Phi) is 4.58. The minimum atomic E-state index is -0.00886. The molecule has 0 spiro atoms. The van der Waals surface area contributed by atoms with Crippen molar-refractivity contribution in [3.8, 4) is 5.75 Å². The summed E-state index contributed by atoms with van der Waals surface area (Å²) < 4.78 is 5.15. The molecule has 0 unspecified atom stereocenters. The Morgan fingerprint density at radius 2 is 1.63 bits per heavy atom. The van der Waals surface area contributed by atoms with Crippen molar-refractivity contribution in [3.05, 3.63) is 81.7 Å². The van der Waals surface area contributed by atoms with E-state index in [1.54, 1.807) is 31.4 Å². The number of benzene rings is 3. The van der Waals surface area contributed by atoms with Crippen LogP contribution in [0, 0.1) is 0 Å². The van der Waals surface area contributed by atoms with Gasteiger partial charge in [0.1, 0.15) is 5.75 Å². The number of rotatable bonds is 5. The van der Waals surface area contributed by atoms with E-state index in [2.05, 4.69) is 0 Å². The number of carbonyl (C=O) groups is 1. The van der Waals surface area contributed by atoms with Crippen molar-refractivity contribution in [2.24, 2.45) is 0 Å². The maximum Gasteiger partial charge on any atom is 0.195 e. The maximum absolute atomic E-state index is 13.1. The first-order valence-corrected chi connectivity index (χ1v) is 9.87. The summed E-state index contributed by atoms with van der Waals surface area (Å²) in [5.41, 5.74) is 0.623. The van der Waals surface area contributed by atoms with Crippen molar-refractivity contribution in [3.63, 3.8) is 0 Å². The van der Waals surface area contributed by atoms with Gasteiger partial charge in [0.05, 0.1) is 7.11 Å². The molecule has 0 radical (unpaired) electrons. The lowest BCUT2D eigenvalue weighted by Gasteiger charge is -2.05. The molecule has 0 saturated heterocycles. The van der Waals surface area contributed by atoms with E-state index in [1.165, 1.54) is 11.8 Å². The molecule has 0 fully saturated rings. The summed E-state index contributed by atoms with van der Waals surface area (Å²) in [5, 5.41) is 4.36. The molecule has 27 heavy (non-hydrogen) atoms. The molecular weight excluding hydrogens is 356 g/mol. The minimum absolute atomic E-state index is 0.00804. The van der Waals surface area contributed by atoms with Crippen molar-refractivity contribution in [2.75, 3.05) is 13.4 Å². The summed E-state index contributed by atoms with van der Waals surface area (Å²) in [6.45, 7) is 0. The Morgan fingerprint density at radius 3 is 2.26 bits per heavy atom. The van der Waals surface area contributed by atoms with E-state index in [9.17, 15) is 9.59 Å². The molecule has 0 atom stereocenters. The summed E-state index contributed by atoms with van der Waals surface area (Å²) >= 11 is 1.47. The molecule has 4 heteroatoms. The smallest absolute Gasteiger partial charge is 0.195 e. The lowest BCUT2D eigenvalue weighted by molar-refractivity contribution is 0.0999. The van der Waals surface area contributed by atoms with Gasteiger partial charge in [-0.3, -0.25) is 9.59 Å². The van der Waals surface area contributed by atoms with Crippen LogP contribution in [0.25, 0.3) is 26.5 Å². The van der Waals surface area contributed by atoms with Gasteiger partial charge in [0, 0.05) is 32.9 Å². The van der Waals surface area contributed by atoms with E-state index >= 15 is 0 Å². The van der Waals surface area contributed by atoms with Crippen LogP contribution >= 0.6 is 11.8 Å². The monoisotopic (exact) mass is 374 g/mol. The second-order valence-corrected chi connectivity index (χ2v) is 7.27. The normalized spacial score (nSPS) is 12.5. The van der Waals surface area contributed by atoms with Crippen LogP contribution in [-0.4, -0.2) is 19.1 Å². The highest BCUT2D eigenvalue weighted by Gasteiger charge is 2.16. The van der Waals surface area contributed by atoms with Crippen molar-refractivity contribution in [1.29, 1.82) is 0 Å². The van der Waals surface area contributed by atoms with Gasteiger partial charge in [-0.25, -0.2) is 0 Å². The third kappa shape index (κ3) is 2.96. The van der Waals surface area contributed by atoms with E-state index in [0.717, 1.165) is 26.5 Å². The molecular formula is C23H18O3S. The molecule has 0 heterocycles. The SMILES string of the molecule is COc1ccc(C(=O)C/C(SC)=c2\c(=O)c3cccc4cccc2c43)cc1. The van der Waals surface area contributed by atoms with Crippen molar-refractivity contribution < 1.29 is 9.53 Å². The quantitative estimate of drug-likeness (QED) is 0.490. The van der Waals surface area contributed by atoms with Gasteiger partial charge >= 0.3 is 0 Å². The zero-order valence-electron chi connectivity index (χ0n) is 15.1. The Labute approximate surface area is 161 Å². The average Bonchev–Trinajstić information content (AvgIpc) is 3.00. The number of thioether (sulfide) groups is 1. The number of hydrogen-bond acceptors (Lipinski definition) is 4. The zero-order valence-corrected chi connectivity index (χ0v) is 15.9. The number of methoxy groups -OCH3 is 1. The summed E-state index contributed by atoms with van der Waals surface area (Å²) in [6, 6.07) is 18.8. The third-order valence-corrected chi connectivity index (χ3v) is 5.75. The van der Waals surface area contributed by atoms with Crippen LogP contribution in [0.2, 0.25) is 0 Å². The number of ketones is 1. The second kappa shape index (κ2) is 7.05.